The molecule has 1 amide bonds. The van der Waals surface area contributed by atoms with E-state index in [2.05, 4.69) is 15.3 Å². The van der Waals surface area contributed by atoms with Crippen LogP contribution in [0.3, 0.4) is 0 Å². The third-order valence-electron chi connectivity index (χ3n) is 4.08. The number of aromatic nitrogens is 2. The predicted octanol–water partition coefficient (Wildman–Crippen LogP) is 2.82. The van der Waals surface area contributed by atoms with Gasteiger partial charge in [-0.1, -0.05) is 24.3 Å². The van der Waals surface area contributed by atoms with Gasteiger partial charge in [0.05, 0.1) is 7.11 Å². The van der Waals surface area contributed by atoms with Crippen LogP contribution in [0.25, 0.3) is 0 Å². The third-order valence-corrected chi connectivity index (χ3v) is 4.08. The van der Waals surface area contributed by atoms with Crippen molar-refractivity contribution in [2.24, 2.45) is 0 Å². The van der Waals surface area contributed by atoms with Crippen LogP contribution in [0.1, 0.15) is 39.2 Å². The Morgan fingerprint density at radius 3 is 2.54 bits per heavy atom. The second-order valence-electron chi connectivity index (χ2n) is 6.19. The molecule has 142 valence electrons. The first-order valence-electron chi connectivity index (χ1n) is 8.60. The monoisotopic (exact) mass is 377 g/mol. The first kappa shape index (κ1) is 19.0. The Labute approximate surface area is 161 Å². The molecule has 0 radical (unpaired) electrons. The molecule has 2 N–H and O–H groups in total. The molecule has 0 aliphatic carbocycles. The standard InChI is InChI=1S/C21H19N3O4/c1-13(25)15-4-3-5-16(11-15)22-21(27)18-12-20(26)24-19(23-18)10-14-6-8-17(28-2)9-7-14/h3-9,11-12H,10H2,1-2H3,(H,22,27)(H,23,24,26). The van der Waals surface area contributed by atoms with Crippen molar-refractivity contribution in [1.82, 2.24) is 9.97 Å². The second kappa shape index (κ2) is 8.30. The number of nitrogens with one attached hydrogen (secondary N) is 2. The number of rotatable bonds is 6. The first-order valence-corrected chi connectivity index (χ1v) is 8.60. The van der Waals surface area contributed by atoms with Crippen LogP contribution in [-0.4, -0.2) is 28.8 Å². The van der Waals surface area contributed by atoms with Gasteiger partial charge in [0.2, 0.25) is 0 Å². The van der Waals surface area contributed by atoms with Crippen LogP contribution in [0.15, 0.2) is 59.4 Å². The van der Waals surface area contributed by atoms with E-state index in [1.165, 1.54) is 6.92 Å². The summed E-state index contributed by atoms with van der Waals surface area (Å²) in [6, 6.07) is 15.1. The molecule has 1 aromatic heterocycles. The maximum atomic E-state index is 12.5. The number of hydrogen-bond donors (Lipinski definition) is 2. The summed E-state index contributed by atoms with van der Waals surface area (Å²) in [4.78, 5) is 42.9. The Morgan fingerprint density at radius 2 is 1.86 bits per heavy atom. The van der Waals surface area contributed by atoms with E-state index in [1.54, 1.807) is 31.4 Å². The summed E-state index contributed by atoms with van der Waals surface area (Å²) >= 11 is 0. The molecule has 7 nitrogen and oxygen atoms in total. The molecule has 0 bridgehead atoms. The van der Waals surface area contributed by atoms with Crippen LogP contribution in [0.4, 0.5) is 5.69 Å². The van der Waals surface area contributed by atoms with Crippen LogP contribution in [0, 0.1) is 0 Å². The molecule has 28 heavy (non-hydrogen) atoms. The number of nitrogens with zero attached hydrogens (tertiary/aromatic N) is 1. The van der Waals surface area contributed by atoms with Crippen LogP contribution >= 0.6 is 0 Å². The zero-order valence-electron chi connectivity index (χ0n) is 15.5. The SMILES string of the molecule is COc1ccc(Cc2nc(C(=O)Nc3cccc(C(C)=O)c3)cc(=O)[nH]2)cc1. The van der Waals surface area contributed by atoms with Gasteiger partial charge < -0.3 is 15.0 Å². The van der Waals surface area contributed by atoms with Gasteiger partial charge in [0, 0.05) is 23.7 Å². The molecule has 0 aliphatic heterocycles. The van der Waals surface area contributed by atoms with Gasteiger partial charge in [-0.2, -0.15) is 0 Å². The Balaban J connectivity index is 1.80. The van der Waals surface area contributed by atoms with E-state index in [0.29, 0.717) is 23.5 Å². The van der Waals surface area contributed by atoms with E-state index in [9.17, 15) is 14.4 Å². The summed E-state index contributed by atoms with van der Waals surface area (Å²) in [5.74, 6) is 0.473. The van der Waals surface area contributed by atoms with Crippen molar-refractivity contribution in [2.75, 3.05) is 12.4 Å². The van der Waals surface area contributed by atoms with E-state index in [-0.39, 0.29) is 11.5 Å². The fraction of sp³-hybridized carbons (Fsp3) is 0.143. The highest BCUT2D eigenvalue weighted by Crippen LogP contribution is 2.14. The van der Waals surface area contributed by atoms with E-state index in [1.807, 2.05) is 24.3 Å². The number of methoxy groups -OCH3 is 1. The number of ether oxygens (including phenoxy) is 1. The number of aromatic amines is 1. The number of ketones is 1. The van der Waals surface area contributed by atoms with E-state index in [4.69, 9.17) is 4.74 Å². The van der Waals surface area contributed by atoms with Crippen LogP contribution < -0.4 is 15.6 Å². The molecule has 0 saturated heterocycles. The van der Waals surface area contributed by atoms with Crippen molar-refractivity contribution in [2.45, 2.75) is 13.3 Å². The summed E-state index contributed by atoms with van der Waals surface area (Å²) in [6.45, 7) is 1.45. The van der Waals surface area contributed by atoms with Gasteiger partial charge in [0.25, 0.3) is 11.5 Å². The largest absolute Gasteiger partial charge is 0.497 e. The van der Waals surface area contributed by atoms with Crippen LogP contribution in [-0.2, 0) is 6.42 Å². The van der Waals surface area contributed by atoms with Crippen LogP contribution in [0.2, 0.25) is 0 Å². The molecule has 0 unspecified atom stereocenters. The maximum Gasteiger partial charge on any atom is 0.274 e. The minimum Gasteiger partial charge on any atom is -0.497 e. The molecule has 7 heteroatoms. The van der Waals surface area contributed by atoms with Crippen molar-refractivity contribution >= 4 is 17.4 Å². The predicted molar refractivity (Wildman–Crippen MR) is 105 cm³/mol. The fourth-order valence-corrected chi connectivity index (χ4v) is 2.66. The minimum absolute atomic E-state index is 0.000453. The zero-order chi connectivity index (χ0) is 20.1. The molecular weight excluding hydrogens is 358 g/mol. The topological polar surface area (TPSA) is 101 Å². The number of carbonyl (C=O) groups excluding carboxylic acids is 2. The highest BCUT2D eigenvalue weighted by atomic mass is 16.5. The lowest BCUT2D eigenvalue weighted by molar-refractivity contribution is 0.100. The van der Waals surface area contributed by atoms with Gasteiger partial charge >= 0.3 is 0 Å². The highest BCUT2D eigenvalue weighted by Gasteiger charge is 2.12. The van der Waals surface area contributed by atoms with Gasteiger partial charge in [0.1, 0.15) is 17.3 Å². The van der Waals surface area contributed by atoms with Crippen molar-refractivity contribution in [3.8, 4) is 5.75 Å². The molecule has 0 aliphatic rings. The smallest absolute Gasteiger partial charge is 0.274 e. The number of benzene rings is 2. The summed E-state index contributed by atoms with van der Waals surface area (Å²) in [6.07, 6.45) is 0.361. The third kappa shape index (κ3) is 4.70. The average Bonchev–Trinajstić information content (AvgIpc) is 2.68. The molecule has 2 aromatic carbocycles. The normalized spacial score (nSPS) is 10.4. The van der Waals surface area contributed by atoms with Gasteiger partial charge in [0.15, 0.2) is 5.78 Å². The van der Waals surface area contributed by atoms with E-state index in [0.717, 1.165) is 17.4 Å². The molecule has 1 heterocycles. The Bertz CT molecular complexity index is 1070. The van der Waals surface area contributed by atoms with Gasteiger partial charge in [-0.3, -0.25) is 14.4 Å². The first-order chi connectivity index (χ1) is 13.4. The zero-order valence-corrected chi connectivity index (χ0v) is 15.5. The van der Waals surface area contributed by atoms with Crippen molar-refractivity contribution in [3.05, 3.63) is 87.6 Å². The van der Waals surface area contributed by atoms with Gasteiger partial charge in [-0.15, -0.1) is 0 Å². The fourth-order valence-electron chi connectivity index (χ4n) is 2.66. The lowest BCUT2D eigenvalue weighted by Crippen LogP contribution is -2.20. The van der Waals surface area contributed by atoms with Crippen molar-refractivity contribution in [3.63, 3.8) is 0 Å². The number of hydrogen-bond acceptors (Lipinski definition) is 5. The van der Waals surface area contributed by atoms with Crippen LogP contribution in [0.5, 0.6) is 5.75 Å². The summed E-state index contributed by atoms with van der Waals surface area (Å²) in [5.41, 5.74) is 1.44. The Morgan fingerprint density at radius 1 is 1.11 bits per heavy atom. The van der Waals surface area contributed by atoms with E-state index >= 15 is 0 Å². The summed E-state index contributed by atoms with van der Waals surface area (Å²) < 4.78 is 5.12. The van der Waals surface area contributed by atoms with E-state index < -0.39 is 11.5 Å². The Hall–Kier alpha value is -3.74. The average molecular weight is 377 g/mol. The maximum absolute atomic E-state index is 12.5. The van der Waals surface area contributed by atoms with Crippen molar-refractivity contribution < 1.29 is 14.3 Å². The molecular formula is C21H19N3O4. The lowest BCUT2D eigenvalue weighted by Gasteiger charge is -2.08. The molecule has 0 fully saturated rings. The molecule has 0 saturated carbocycles. The minimum atomic E-state index is -0.525. The molecule has 3 rings (SSSR count). The number of carbonyl (C=O) groups is 2. The number of H-pyrrole nitrogens is 1. The van der Waals surface area contributed by atoms with Gasteiger partial charge in [-0.05, 0) is 36.8 Å². The summed E-state index contributed by atoms with van der Waals surface area (Å²) in [5, 5.41) is 2.66. The number of Topliss-reactive ketones (excluding diaryl/α,β-unsaturated/α-hetero) is 1. The van der Waals surface area contributed by atoms with Crippen molar-refractivity contribution in [1.29, 1.82) is 0 Å². The highest BCUT2D eigenvalue weighted by molar-refractivity contribution is 6.03. The lowest BCUT2D eigenvalue weighted by atomic mass is 10.1. The Kier molecular flexibility index (Phi) is 5.64. The molecule has 0 spiro atoms. The number of amides is 1. The van der Waals surface area contributed by atoms with Gasteiger partial charge in [-0.25, -0.2) is 4.98 Å². The number of anilines is 1. The second-order valence-corrected chi connectivity index (χ2v) is 6.19. The summed E-state index contributed by atoms with van der Waals surface area (Å²) in [7, 11) is 1.59. The molecule has 3 aromatic rings. The molecule has 0 atom stereocenters. The quantitative estimate of drug-likeness (QED) is 0.643.